The third-order valence-corrected chi connectivity index (χ3v) is 9.57. The molecule has 0 radical (unpaired) electrons. The maximum atomic E-state index is 13.1. The summed E-state index contributed by atoms with van der Waals surface area (Å²) in [6.45, 7) is 4.70. The fourth-order valence-electron chi connectivity index (χ4n) is 6.70. The Bertz CT molecular complexity index is 1230. The molecular formula is C37H51F5O5. The highest BCUT2D eigenvalue weighted by atomic mass is 19.4. The zero-order chi connectivity index (χ0) is 34.5. The number of unbranched alkanes of at least 4 members (excludes halogenated alkanes) is 9. The Balaban J connectivity index is 1.37. The normalized spacial score (nSPS) is 18.7. The van der Waals surface area contributed by atoms with E-state index >= 15 is 0 Å². The summed E-state index contributed by atoms with van der Waals surface area (Å²) in [4.78, 5) is 12.4. The molecule has 3 rings (SSSR count). The van der Waals surface area contributed by atoms with Gasteiger partial charge in [-0.1, -0.05) is 89.3 Å². The Morgan fingerprint density at radius 2 is 1.40 bits per heavy atom. The van der Waals surface area contributed by atoms with Gasteiger partial charge in [0.15, 0.2) is 0 Å². The highest BCUT2D eigenvalue weighted by Gasteiger charge is 2.56. The molecule has 0 amide bonds. The van der Waals surface area contributed by atoms with Crippen LogP contribution in [0.3, 0.4) is 0 Å². The number of carbonyl (C=O) groups is 1. The van der Waals surface area contributed by atoms with Gasteiger partial charge < -0.3 is 19.7 Å². The highest BCUT2D eigenvalue weighted by Crippen LogP contribution is 2.50. The van der Waals surface area contributed by atoms with Gasteiger partial charge in [-0.25, -0.2) is 0 Å². The lowest BCUT2D eigenvalue weighted by atomic mass is 9.66. The highest BCUT2D eigenvalue weighted by molar-refractivity contribution is 5.72. The summed E-state index contributed by atoms with van der Waals surface area (Å²) in [6.07, 6.45) is 3.83. The quantitative estimate of drug-likeness (QED) is 0.0833. The number of carbonyl (C=O) groups excluding carboxylic acids is 1. The van der Waals surface area contributed by atoms with Gasteiger partial charge in [0.1, 0.15) is 17.2 Å². The van der Waals surface area contributed by atoms with E-state index in [2.05, 4.69) is 6.92 Å². The molecule has 3 unspecified atom stereocenters. The fraction of sp³-hybridized carbons (Fsp3) is 0.649. The first kappa shape index (κ1) is 38.4. The molecule has 47 heavy (non-hydrogen) atoms. The molecule has 0 spiro atoms. The molecule has 1 aliphatic rings. The Hall–Kier alpha value is -3.04. The first-order valence-electron chi connectivity index (χ1n) is 17.1. The number of halogens is 5. The van der Waals surface area contributed by atoms with Crippen LogP contribution in [0.4, 0.5) is 22.0 Å². The van der Waals surface area contributed by atoms with Gasteiger partial charge in [0.25, 0.3) is 0 Å². The van der Waals surface area contributed by atoms with Gasteiger partial charge in [-0.15, -0.1) is 0 Å². The molecule has 1 aliphatic heterocycles. The van der Waals surface area contributed by atoms with Gasteiger partial charge in [0.05, 0.1) is 19.1 Å². The minimum Gasteiger partial charge on any atom is -0.508 e. The number of phenols is 2. The maximum Gasteiger partial charge on any atom is 0.453 e. The third-order valence-electron chi connectivity index (χ3n) is 9.57. The molecule has 10 heteroatoms. The molecule has 264 valence electrons. The second-order valence-corrected chi connectivity index (χ2v) is 13.2. The van der Waals surface area contributed by atoms with Gasteiger partial charge in [0.2, 0.25) is 0 Å². The standard InChI is InChI=1S/C37H51F5O5/c1-3-46-34(45)27(16-12-9-10-14-24-36(38,39)37(40,41)42)15-11-7-5-4-6-8-13-17-32-31-23-22-30(44)25-33(31)47-26-35(32,2)28-18-20-29(43)21-19-28/h18-23,25,27,32,43-44H,3-17,24,26H2,1-2H3. The zero-order valence-electron chi connectivity index (χ0n) is 27.7. The summed E-state index contributed by atoms with van der Waals surface area (Å²) in [6, 6.07) is 12.7. The van der Waals surface area contributed by atoms with Crippen molar-refractivity contribution in [3.05, 3.63) is 53.6 Å². The topological polar surface area (TPSA) is 76.0 Å². The summed E-state index contributed by atoms with van der Waals surface area (Å²) in [5.41, 5.74) is 1.91. The van der Waals surface area contributed by atoms with Crippen LogP contribution in [0, 0.1) is 5.92 Å². The molecule has 2 N–H and O–H groups in total. The van der Waals surface area contributed by atoms with E-state index in [1.54, 1.807) is 31.2 Å². The van der Waals surface area contributed by atoms with Crippen molar-refractivity contribution in [1.82, 2.24) is 0 Å². The van der Waals surface area contributed by atoms with Crippen LogP contribution in [0.1, 0.15) is 127 Å². The number of esters is 1. The molecule has 0 bridgehead atoms. The lowest BCUT2D eigenvalue weighted by Gasteiger charge is -2.43. The number of hydrogen-bond acceptors (Lipinski definition) is 5. The predicted molar refractivity (Wildman–Crippen MR) is 172 cm³/mol. The number of benzene rings is 2. The lowest BCUT2D eigenvalue weighted by Crippen LogP contribution is -2.40. The molecule has 3 atom stereocenters. The van der Waals surface area contributed by atoms with Crippen LogP contribution < -0.4 is 4.74 Å². The van der Waals surface area contributed by atoms with E-state index in [-0.39, 0.29) is 54.2 Å². The van der Waals surface area contributed by atoms with Crippen molar-refractivity contribution in [3.8, 4) is 17.2 Å². The monoisotopic (exact) mass is 670 g/mol. The SMILES string of the molecule is CCOC(=O)C(CCCCCCCCCC1c2ccc(O)cc2OCC1(C)c1ccc(O)cc1)CCCCCCC(F)(F)C(F)(F)F. The summed E-state index contributed by atoms with van der Waals surface area (Å²) in [5.74, 6) is -3.88. The molecular weight excluding hydrogens is 619 g/mol. The van der Waals surface area contributed by atoms with Crippen LogP contribution in [0.25, 0.3) is 0 Å². The summed E-state index contributed by atoms with van der Waals surface area (Å²) in [5, 5.41) is 19.8. The number of ether oxygens (including phenoxy) is 2. The van der Waals surface area contributed by atoms with Crippen molar-refractivity contribution in [1.29, 1.82) is 0 Å². The second kappa shape index (κ2) is 17.9. The van der Waals surface area contributed by atoms with Crippen LogP contribution >= 0.6 is 0 Å². The summed E-state index contributed by atoms with van der Waals surface area (Å²) in [7, 11) is 0. The number of hydrogen-bond donors (Lipinski definition) is 2. The summed E-state index contributed by atoms with van der Waals surface area (Å²) >= 11 is 0. The Labute approximate surface area is 275 Å². The van der Waals surface area contributed by atoms with E-state index < -0.39 is 18.5 Å². The first-order chi connectivity index (χ1) is 22.3. The predicted octanol–water partition coefficient (Wildman–Crippen LogP) is 10.8. The minimum absolute atomic E-state index is 0.178. The fourth-order valence-corrected chi connectivity index (χ4v) is 6.70. The molecule has 2 aromatic carbocycles. The minimum atomic E-state index is -5.51. The third kappa shape index (κ3) is 11.3. The molecule has 0 aliphatic carbocycles. The van der Waals surface area contributed by atoms with Crippen LogP contribution in [-0.4, -0.2) is 41.5 Å². The average molecular weight is 671 g/mol. The van der Waals surface area contributed by atoms with Gasteiger partial charge in [-0.2, -0.15) is 22.0 Å². The number of alkyl halides is 5. The molecule has 0 saturated carbocycles. The largest absolute Gasteiger partial charge is 0.508 e. The van der Waals surface area contributed by atoms with Gasteiger partial charge in [-0.3, -0.25) is 4.79 Å². The van der Waals surface area contributed by atoms with E-state index in [9.17, 15) is 37.0 Å². The van der Waals surface area contributed by atoms with E-state index in [0.717, 1.165) is 68.2 Å². The first-order valence-corrected chi connectivity index (χ1v) is 17.1. The molecule has 0 fully saturated rings. The van der Waals surface area contributed by atoms with Crippen molar-refractivity contribution >= 4 is 5.97 Å². The number of aromatic hydroxyl groups is 2. The van der Waals surface area contributed by atoms with Crippen LogP contribution in [0.15, 0.2) is 42.5 Å². The van der Waals surface area contributed by atoms with Crippen LogP contribution in [-0.2, 0) is 14.9 Å². The zero-order valence-corrected chi connectivity index (χ0v) is 27.7. The van der Waals surface area contributed by atoms with Gasteiger partial charge in [-0.05, 0) is 61.9 Å². The van der Waals surface area contributed by atoms with Crippen LogP contribution in [0.5, 0.6) is 17.2 Å². The molecule has 0 aromatic heterocycles. The average Bonchev–Trinajstić information content (AvgIpc) is 3.01. The van der Waals surface area contributed by atoms with Crippen molar-refractivity contribution in [2.45, 2.75) is 134 Å². The van der Waals surface area contributed by atoms with Gasteiger partial charge >= 0.3 is 18.1 Å². The van der Waals surface area contributed by atoms with E-state index in [0.29, 0.717) is 32.3 Å². The Morgan fingerprint density at radius 3 is 2.00 bits per heavy atom. The van der Waals surface area contributed by atoms with Crippen molar-refractivity contribution in [2.75, 3.05) is 13.2 Å². The van der Waals surface area contributed by atoms with Crippen LogP contribution in [0.2, 0.25) is 0 Å². The Kier molecular flexibility index (Phi) is 14.6. The van der Waals surface area contributed by atoms with E-state index in [1.807, 2.05) is 18.2 Å². The van der Waals surface area contributed by atoms with E-state index in [1.165, 1.54) is 0 Å². The molecule has 1 heterocycles. The number of phenolic OH excluding ortho intramolecular Hbond substituents is 2. The smallest absolute Gasteiger partial charge is 0.453 e. The van der Waals surface area contributed by atoms with Crippen molar-refractivity contribution in [2.24, 2.45) is 5.92 Å². The Morgan fingerprint density at radius 1 is 0.851 bits per heavy atom. The number of fused-ring (bicyclic) bond motifs is 1. The summed E-state index contributed by atoms with van der Waals surface area (Å²) < 4.78 is 74.5. The maximum absolute atomic E-state index is 13.1. The molecule has 5 nitrogen and oxygen atoms in total. The lowest BCUT2D eigenvalue weighted by molar-refractivity contribution is -0.284. The number of rotatable bonds is 20. The van der Waals surface area contributed by atoms with Crippen molar-refractivity contribution < 1.29 is 46.4 Å². The van der Waals surface area contributed by atoms with Crippen molar-refractivity contribution in [3.63, 3.8) is 0 Å². The second-order valence-electron chi connectivity index (χ2n) is 13.2. The van der Waals surface area contributed by atoms with E-state index in [4.69, 9.17) is 9.47 Å². The van der Waals surface area contributed by atoms with Gasteiger partial charge in [0, 0.05) is 23.8 Å². The molecule has 2 aromatic rings. The molecule has 0 saturated heterocycles.